The number of hydrogen-bond acceptors (Lipinski definition) is 2. The van der Waals surface area contributed by atoms with Crippen molar-refractivity contribution >= 4 is 6.08 Å². The topological polar surface area (TPSA) is 33.1 Å². The van der Waals surface area contributed by atoms with Crippen molar-refractivity contribution < 1.29 is 5.11 Å². The smallest absolute Gasteiger partial charge is 0.125 e. The van der Waals surface area contributed by atoms with E-state index in [1.54, 1.807) is 18.3 Å². The van der Waals surface area contributed by atoms with E-state index in [9.17, 15) is 5.11 Å². The van der Waals surface area contributed by atoms with Crippen molar-refractivity contribution in [3.63, 3.8) is 0 Å². The molecule has 0 atom stereocenters. The van der Waals surface area contributed by atoms with Gasteiger partial charge in [-0.25, -0.2) is 0 Å². The fraction of sp³-hybridized carbons (Fsp3) is 0.0714. The molecule has 0 bridgehead atoms. The second-order valence-corrected chi connectivity index (χ2v) is 3.61. The van der Waals surface area contributed by atoms with Gasteiger partial charge in [0.05, 0.1) is 5.69 Å². The second-order valence-electron chi connectivity index (χ2n) is 3.61. The first-order valence-corrected chi connectivity index (χ1v) is 5.10. The molecule has 2 rings (SSSR count). The van der Waals surface area contributed by atoms with Gasteiger partial charge in [0.2, 0.25) is 0 Å². The van der Waals surface area contributed by atoms with Crippen LogP contribution in [0.4, 0.5) is 0 Å². The third-order valence-electron chi connectivity index (χ3n) is 2.55. The Morgan fingerprint density at radius 3 is 2.75 bits per heavy atom. The molecule has 0 saturated heterocycles. The summed E-state index contributed by atoms with van der Waals surface area (Å²) in [5.74, 6) is 0.252. The van der Waals surface area contributed by atoms with Crippen LogP contribution in [0.2, 0.25) is 0 Å². The number of phenols is 1. The van der Waals surface area contributed by atoms with Crippen molar-refractivity contribution in [1.82, 2.24) is 4.98 Å². The summed E-state index contributed by atoms with van der Waals surface area (Å²) in [4.78, 5) is 4.31. The third-order valence-corrected chi connectivity index (χ3v) is 2.55. The van der Waals surface area contributed by atoms with Gasteiger partial charge in [0.15, 0.2) is 0 Å². The summed E-state index contributed by atoms with van der Waals surface area (Å²) in [6, 6.07) is 9.24. The van der Waals surface area contributed by atoms with Gasteiger partial charge >= 0.3 is 0 Å². The molecule has 0 fully saturated rings. The van der Waals surface area contributed by atoms with Crippen LogP contribution in [0.1, 0.15) is 11.1 Å². The lowest BCUT2D eigenvalue weighted by Gasteiger charge is -2.09. The van der Waals surface area contributed by atoms with Gasteiger partial charge in [-0.1, -0.05) is 30.9 Å². The number of aromatic hydroxyl groups is 1. The lowest BCUT2D eigenvalue weighted by Crippen LogP contribution is -1.90. The Bertz CT molecular complexity index is 512. The highest BCUT2D eigenvalue weighted by Crippen LogP contribution is 2.33. The zero-order chi connectivity index (χ0) is 11.5. The monoisotopic (exact) mass is 211 g/mol. The van der Waals surface area contributed by atoms with E-state index in [-0.39, 0.29) is 5.75 Å². The highest BCUT2D eigenvalue weighted by molar-refractivity contribution is 5.77. The van der Waals surface area contributed by atoms with Crippen molar-refractivity contribution in [1.29, 1.82) is 0 Å². The normalized spacial score (nSPS) is 10.1. The summed E-state index contributed by atoms with van der Waals surface area (Å²) in [6.07, 6.45) is 3.46. The first-order valence-electron chi connectivity index (χ1n) is 5.10. The molecule has 0 aliphatic heterocycles. The molecule has 2 aromatic rings. The Balaban J connectivity index is 2.72. The predicted molar refractivity (Wildman–Crippen MR) is 66.2 cm³/mol. The van der Waals surface area contributed by atoms with E-state index < -0.39 is 0 Å². The predicted octanol–water partition coefficient (Wildman–Crippen LogP) is 3.41. The van der Waals surface area contributed by atoms with Crippen LogP contribution in [0, 0.1) is 6.92 Å². The van der Waals surface area contributed by atoms with E-state index >= 15 is 0 Å². The molecule has 0 unspecified atom stereocenters. The summed E-state index contributed by atoms with van der Waals surface area (Å²) < 4.78 is 0. The molecule has 16 heavy (non-hydrogen) atoms. The summed E-state index contributed by atoms with van der Waals surface area (Å²) in [5.41, 5.74) is 3.47. The minimum absolute atomic E-state index is 0.252. The van der Waals surface area contributed by atoms with Gasteiger partial charge in [-0.3, -0.25) is 4.98 Å². The number of pyridine rings is 1. The van der Waals surface area contributed by atoms with E-state index in [1.165, 1.54) is 0 Å². The van der Waals surface area contributed by atoms with Crippen molar-refractivity contribution in [2.75, 3.05) is 0 Å². The lowest BCUT2D eigenvalue weighted by atomic mass is 10.0. The van der Waals surface area contributed by atoms with Gasteiger partial charge < -0.3 is 5.11 Å². The van der Waals surface area contributed by atoms with Gasteiger partial charge in [0.1, 0.15) is 5.75 Å². The molecule has 1 heterocycles. The van der Waals surface area contributed by atoms with Crippen LogP contribution in [0.15, 0.2) is 43.1 Å². The molecule has 1 aromatic carbocycles. The Morgan fingerprint density at radius 2 is 2.06 bits per heavy atom. The van der Waals surface area contributed by atoms with Gasteiger partial charge in [-0.2, -0.15) is 0 Å². The molecule has 1 aromatic heterocycles. The number of benzene rings is 1. The summed E-state index contributed by atoms with van der Waals surface area (Å²) >= 11 is 0. The van der Waals surface area contributed by atoms with Crippen LogP contribution >= 0.6 is 0 Å². The Morgan fingerprint density at radius 1 is 1.25 bits per heavy atom. The van der Waals surface area contributed by atoms with Gasteiger partial charge in [0.25, 0.3) is 0 Å². The number of aromatic nitrogens is 1. The molecule has 0 aliphatic rings. The van der Waals surface area contributed by atoms with Gasteiger partial charge in [-0.05, 0) is 24.6 Å². The van der Waals surface area contributed by atoms with Crippen molar-refractivity contribution in [3.05, 3.63) is 54.2 Å². The molecule has 2 heteroatoms. The molecular weight excluding hydrogens is 198 g/mol. The number of phenolic OH excluding ortho intramolecular Hbond substituents is 1. The van der Waals surface area contributed by atoms with Crippen LogP contribution in [-0.4, -0.2) is 10.1 Å². The van der Waals surface area contributed by atoms with Crippen molar-refractivity contribution in [2.45, 2.75) is 6.92 Å². The molecule has 0 spiro atoms. The molecule has 0 amide bonds. The van der Waals surface area contributed by atoms with Crippen LogP contribution in [-0.2, 0) is 0 Å². The standard InChI is InChI=1S/C14H13NO/c1-3-11-7-5-9-15-14(11)13-10(2)6-4-8-12(13)16/h3-9,16H,1H2,2H3. The third kappa shape index (κ3) is 1.70. The number of hydrogen-bond donors (Lipinski definition) is 1. The Hall–Kier alpha value is -2.09. The zero-order valence-corrected chi connectivity index (χ0v) is 9.14. The minimum Gasteiger partial charge on any atom is -0.507 e. The number of nitrogens with zero attached hydrogens (tertiary/aromatic N) is 1. The summed E-state index contributed by atoms with van der Waals surface area (Å²) in [7, 11) is 0. The molecule has 1 N–H and O–H groups in total. The van der Waals surface area contributed by atoms with Crippen LogP contribution in [0.25, 0.3) is 17.3 Å². The fourth-order valence-corrected chi connectivity index (χ4v) is 1.75. The Labute approximate surface area is 94.9 Å². The molecule has 0 radical (unpaired) electrons. The largest absolute Gasteiger partial charge is 0.507 e. The van der Waals surface area contributed by atoms with Crippen molar-refractivity contribution in [3.8, 4) is 17.0 Å². The second kappa shape index (κ2) is 4.19. The SMILES string of the molecule is C=Cc1cccnc1-c1c(C)cccc1O. The van der Waals surface area contributed by atoms with E-state index in [2.05, 4.69) is 11.6 Å². The molecule has 0 saturated carbocycles. The number of aryl methyl sites for hydroxylation is 1. The zero-order valence-electron chi connectivity index (χ0n) is 9.14. The first kappa shape index (κ1) is 10.4. The van der Waals surface area contributed by atoms with Crippen LogP contribution < -0.4 is 0 Å². The lowest BCUT2D eigenvalue weighted by molar-refractivity contribution is 0.476. The quantitative estimate of drug-likeness (QED) is 0.825. The first-order chi connectivity index (χ1) is 7.74. The van der Waals surface area contributed by atoms with Crippen LogP contribution in [0.3, 0.4) is 0 Å². The van der Waals surface area contributed by atoms with E-state index in [1.807, 2.05) is 31.2 Å². The van der Waals surface area contributed by atoms with E-state index in [0.717, 1.165) is 22.4 Å². The summed E-state index contributed by atoms with van der Waals surface area (Å²) in [6.45, 7) is 5.71. The minimum atomic E-state index is 0.252. The average Bonchev–Trinajstić information content (AvgIpc) is 2.29. The van der Waals surface area contributed by atoms with Crippen molar-refractivity contribution in [2.24, 2.45) is 0 Å². The van der Waals surface area contributed by atoms with Gasteiger partial charge in [-0.15, -0.1) is 0 Å². The summed E-state index contributed by atoms with van der Waals surface area (Å²) in [5, 5.41) is 9.89. The highest BCUT2D eigenvalue weighted by atomic mass is 16.3. The molecule has 0 aliphatic carbocycles. The fourth-order valence-electron chi connectivity index (χ4n) is 1.75. The maximum Gasteiger partial charge on any atom is 0.125 e. The van der Waals surface area contributed by atoms with E-state index in [0.29, 0.717) is 0 Å². The highest BCUT2D eigenvalue weighted by Gasteiger charge is 2.10. The molecule has 2 nitrogen and oxygen atoms in total. The molecular formula is C14H13NO. The maximum absolute atomic E-state index is 9.89. The van der Waals surface area contributed by atoms with E-state index in [4.69, 9.17) is 0 Å². The van der Waals surface area contributed by atoms with Gasteiger partial charge in [0, 0.05) is 17.3 Å². The molecule has 80 valence electrons. The Kier molecular flexibility index (Phi) is 2.73. The average molecular weight is 211 g/mol. The van der Waals surface area contributed by atoms with Crippen LogP contribution in [0.5, 0.6) is 5.75 Å². The number of rotatable bonds is 2. The maximum atomic E-state index is 9.89.